The van der Waals surface area contributed by atoms with Gasteiger partial charge in [0.05, 0.1) is 12.8 Å². The Bertz CT molecular complexity index is 346. The Morgan fingerprint density at radius 2 is 2.24 bits per heavy atom. The molecule has 5 nitrogen and oxygen atoms in total. The molecule has 0 saturated carbocycles. The maximum absolute atomic E-state index is 5.96. The maximum Gasteiger partial charge on any atom is 0.224 e. The fraction of sp³-hybridized carbons (Fsp3) is 0.636. The molecule has 0 aliphatic heterocycles. The monoisotopic (exact) mass is 258 g/mol. The Balaban J connectivity index is 2.35. The van der Waals surface area contributed by atoms with Gasteiger partial charge in [0.25, 0.3) is 0 Å². The summed E-state index contributed by atoms with van der Waals surface area (Å²) in [6, 6.07) is 0. The number of ether oxygens (including phenoxy) is 1. The van der Waals surface area contributed by atoms with Crippen LogP contribution in [0.5, 0.6) is 0 Å². The van der Waals surface area contributed by atoms with E-state index in [0.29, 0.717) is 35.9 Å². The molecule has 1 aromatic heterocycles. The number of nitrogens with zero attached hydrogens (tertiary/aromatic N) is 2. The topological polar surface area (TPSA) is 59.1 Å². The van der Waals surface area contributed by atoms with E-state index in [1.807, 2.05) is 0 Å². The molecule has 0 fully saturated rings. The van der Waals surface area contributed by atoms with Gasteiger partial charge in [-0.3, -0.25) is 0 Å². The maximum atomic E-state index is 5.96. The lowest BCUT2D eigenvalue weighted by atomic mass is 10.2. The van der Waals surface area contributed by atoms with Crippen molar-refractivity contribution in [3.63, 3.8) is 0 Å². The smallest absolute Gasteiger partial charge is 0.224 e. The summed E-state index contributed by atoms with van der Waals surface area (Å²) in [5.74, 6) is 1.72. The van der Waals surface area contributed by atoms with Crippen LogP contribution in [0.2, 0.25) is 5.02 Å². The Morgan fingerprint density at radius 3 is 2.88 bits per heavy atom. The third kappa shape index (κ3) is 5.19. The van der Waals surface area contributed by atoms with Gasteiger partial charge in [0.1, 0.15) is 5.02 Å². The average molecular weight is 259 g/mol. The van der Waals surface area contributed by atoms with Crippen LogP contribution in [0.1, 0.15) is 13.8 Å². The van der Waals surface area contributed by atoms with Gasteiger partial charge in [-0.05, 0) is 5.92 Å². The van der Waals surface area contributed by atoms with Crippen LogP contribution in [0.15, 0.2) is 6.20 Å². The minimum atomic E-state index is 0.507. The van der Waals surface area contributed by atoms with Crippen LogP contribution in [0.25, 0.3) is 0 Å². The summed E-state index contributed by atoms with van der Waals surface area (Å²) in [5, 5.41) is 6.48. The van der Waals surface area contributed by atoms with Crippen LogP contribution in [0, 0.1) is 5.92 Å². The molecule has 0 atom stereocenters. The van der Waals surface area contributed by atoms with Crippen molar-refractivity contribution >= 4 is 23.4 Å². The van der Waals surface area contributed by atoms with Gasteiger partial charge in [-0.2, -0.15) is 4.98 Å². The summed E-state index contributed by atoms with van der Waals surface area (Å²) in [6.07, 6.45) is 1.57. The van der Waals surface area contributed by atoms with E-state index in [1.54, 1.807) is 13.2 Å². The van der Waals surface area contributed by atoms with Gasteiger partial charge in [-0.25, -0.2) is 4.98 Å². The molecule has 17 heavy (non-hydrogen) atoms. The minimum Gasteiger partial charge on any atom is -0.379 e. The van der Waals surface area contributed by atoms with Crippen LogP contribution in [-0.4, -0.2) is 36.8 Å². The first kappa shape index (κ1) is 14.0. The van der Waals surface area contributed by atoms with Crippen molar-refractivity contribution in [1.82, 2.24) is 9.97 Å². The van der Waals surface area contributed by atoms with Gasteiger partial charge >= 0.3 is 0 Å². The quantitative estimate of drug-likeness (QED) is 0.735. The predicted molar refractivity (Wildman–Crippen MR) is 70.7 cm³/mol. The van der Waals surface area contributed by atoms with Crippen molar-refractivity contribution in [2.75, 3.05) is 37.4 Å². The van der Waals surface area contributed by atoms with Gasteiger partial charge in [0.15, 0.2) is 5.82 Å². The van der Waals surface area contributed by atoms with Crippen molar-refractivity contribution < 1.29 is 4.74 Å². The van der Waals surface area contributed by atoms with E-state index in [-0.39, 0.29) is 0 Å². The Labute approximate surface area is 107 Å². The second-order valence-corrected chi connectivity index (χ2v) is 4.44. The minimum absolute atomic E-state index is 0.507. The molecule has 0 amide bonds. The molecule has 0 spiro atoms. The third-order valence-corrected chi connectivity index (χ3v) is 2.23. The standard InChI is InChI=1S/C11H19ClN4O/c1-8(2)7-17-5-4-14-10-9(12)6-15-11(13-3)16-10/h6,8H,4-5,7H2,1-3H3,(H2,13,14,15,16). The molecule has 0 saturated heterocycles. The van der Waals surface area contributed by atoms with Gasteiger partial charge in [0, 0.05) is 20.2 Å². The number of hydrogen-bond acceptors (Lipinski definition) is 5. The first-order valence-corrected chi connectivity index (χ1v) is 6.03. The normalized spacial score (nSPS) is 10.6. The number of anilines is 2. The Kier molecular flexibility index (Phi) is 6.00. The van der Waals surface area contributed by atoms with Crippen molar-refractivity contribution in [3.05, 3.63) is 11.2 Å². The largest absolute Gasteiger partial charge is 0.379 e. The van der Waals surface area contributed by atoms with Crippen molar-refractivity contribution in [2.24, 2.45) is 5.92 Å². The van der Waals surface area contributed by atoms with E-state index in [2.05, 4.69) is 34.4 Å². The number of halogens is 1. The van der Waals surface area contributed by atoms with Crippen LogP contribution in [-0.2, 0) is 4.74 Å². The van der Waals surface area contributed by atoms with E-state index < -0.39 is 0 Å². The van der Waals surface area contributed by atoms with Gasteiger partial charge in [-0.15, -0.1) is 0 Å². The van der Waals surface area contributed by atoms with E-state index in [9.17, 15) is 0 Å². The molecule has 0 unspecified atom stereocenters. The SMILES string of the molecule is CNc1ncc(Cl)c(NCCOCC(C)C)n1. The number of nitrogens with one attached hydrogen (secondary N) is 2. The van der Waals surface area contributed by atoms with Crippen molar-refractivity contribution in [3.8, 4) is 0 Å². The van der Waals surface area contributed by atoms with Gasteiger partial charge in [-0.1, -0.05) is 25.4 Å². The Hall–Kier alpha value is -1.07. The predicted octanol–water partition coefficient (Wildman–Crippen LogP) is 2.26. The van der Waals surface area contributed by atoms with Crippen LogP contribution in [0.3, 0.4) is 0 Å². The van der Waals surface area contributed by atoms with Crippen LogP contribution in [0.4, 0.5) is 11.8 Å². The molecule has 1 heterocycles. The summed E-state index contributed by atoms with van der Waals surface area (Å²) in [7, 11) is 1.76. The molecular weight excluding hydrogens is 240 g/mol. The molecule has 0 aromatic carbocycles. The highest BCUT2D eigenvalue weighted by molar-refractivity contribution is 6.32. The fourth-order valence-corrected chi connectivity index (χ4v) is 1.33. The van der Waals surface area contributed by atoms with E-state index in [0.717, 1.165) is 6.61 Å². The number of rotatable bonds is 7. The second-order valence-electron chi connectivity index (χ2n) is 4.04. The van der Waals surface area contributed by atoms with Crippen molar-refractivity contribution in [2.45, 2.75) is 13.8 Å². The van der Waals surface area contributed by atoms with E-state index in [4.69, 9.17) is 16.3 Å². The molecule has 96 valence electrons. The van der Waals surface area contributed by atoms with Gasteiger partial charge in [0.2, 0.25) is 5.95 Å². The summed E-state index contributed by atoms with van der Waals surface area (Å²) in [5.41, 5.74) is 0. The highest BCUT2D eigenvalue weighted by Gasteiger charge is 2.03. The van der Waals surface area contributed by atoms with E-state index in [1.165, 1.54) is 0 Å². The lowest BCUT2D eigenvalue weighted by Crippen LogP contribution is -2.13. The first-order chi connectivity index (χ1) is 8.13. The molecule has 1 aromatic rings. The van der Waals surface area contributed by atoms with Crippen LogP contribution >= 0.6 is 11.6 Å². The highest BCUT2D eigenvalue weighted by atomic mass is 35.5. The zero-order chi connectivity index (χ0) is 12.7. The molecule has 1 rings (SSSR count). The molecule has 0 aliphatic carbocycles. The van der Waals surface area contributed by atoms with Crippen LogP contribution < -0.4 is 10.6 Å². The zero-order valence-corrected chi connectivity index (χ0v) is 11.2. The number of hydrogen-bond donors (Lipinski definition) is 2. The second kappa shape index (κ2) is 7.29. The Morgan fingerprint density at radius 1 is 1.47 bits per heavy atom. The molecule has 0 bridgehead atoms. The molecule has 6 heteroatoms. The molecule has 2 N–H and O–H groups in total. The van der Waals surface area contributed by atoms with Crippen molar-refractivity contribution in [1.29, 1.82) is 0 Å². The lowest BCUT2D eigenvalue weighted by molar-refractivity contribution is 0.118. The first-order valence-electron chi connectivity index (χ1n) is 5.65. The lowest BCUT2D eigenvalue weighted by Gasteiger charge is -2.10. The summed E-state index contributed by atoms with van der Waals surface area (Å²) < 4.78 is 5.45. The average Bonchev–Trinajstić information content (AvgIpc) is 2.30. The molecular formula is C11H19ClN4O. The molecule has 0 radical (unpaired) electrons. The fourth-order valence-electron chi connectivity index (χ4n) is 1.17. The van der Waals surface area contributed by atoms with Gasteiger partial charge < -0.3 is 15.4 Å². The number of aromatic nitrogens is 2. The zero-order valence-electron chi connectivity index (χ0n) is 10.5. The van der Waals surface area contributed by atoms with E-state index >= 15 is 0 Å². The summed E-state index contributed by atoms with van der Waals surface area (Å²) >= 11 is 5.96. The highest BCUT2D eigenvalue weighted by Crippen LogP contribution is 2.18. The molecule has 0 aliphatic rings. The summed E-state index contributed by atoms with van der Waals surface area (Å²) in [4.78, 5) is 8.20. The summed E-state index contributed by atoms with van der Waals surface area (Å²) in [6.45, 7) is 6.31. The third-order valence-electron chi connectivity index (χ3n) is 1.96.